The Morgan fingerprint density at radius 2 is 1.50 bits per heavy atom. The van der Waals surface area contributed by atoms with Gasteiger partial charge in [-0.1, -0.05) is 0 Å². The van der Waals surface area contributed by atoms with Crippen LogP contribution in [-0.2, 0) is 0 Å². The molecule has 0 aromatic heterocycles. The molecule has 0 amide bonds. The molecule has 12 heavy (non-hydrogen) atoms. The van der Waals surface area contributed by atoms with Crippen LogP contribution >= 0.6 is 15.9 Å². The topological polar surface area (TPSA) is 80.9 Å². The molecular formula is C7H7BrO4. The molecule has 0 saturated carbocycles. The second-order valence-corrected chi connectivity index (χ2v) is 3.04. The standard InChI is InChI=1S/C7H7BrO4/c8-6-4(9)1-3(7(11)12)2-5(6)10/h1-2,7,9-12H. The predicted octanol–water partition coefficient (Wildman–Crippen LogP) is 0.843. The fraction of sp³-hybridized carbons (Fsp3) is 0.143. The largest absolute Gasteiger partial charge is 0.507 e. The molecule has 1 aromatic carbocycles. The van der Waals surface area contributed by atoms with E-state index in [1.54, 1.807) is 0 Å². The Labute approximate surface area is 76.8 Å². The summed E-state index contributed by atoms with van der Waals surface area (Å²) in [5.74, 6) is -0.476. The van der Waals surface area contributed by atoms with Crippen LogP contribution in [0.1, 0.15) is 11.9 Å². The lowest BCUT2D eigenvalue weighted by Crippen LogP contribution is -1.94. The zero-order valence-electron chi connectivity index (χ0n) is 5.90. The lowest BCUT2D eigenvalue weighted by molar-refractivity contribution is -0.0427. The highest BCUT2D eigenvalue weighted by atomic mass is 79.9. The second-order valence-electron chi connectivity index (χ2n) is 2.25. The molecule has 0 saturated heterocycles. The molecule has 0 aliphatic heterocycles. The molecule has 0 heterocycles. The summed E-state index contributed by atoms with van der Waals surface area (Å²) in [5.41, 5.74) is 0.0354. The first-order chi connectivity index (χ1) is 5.52. The van der Waals surface area contributed by atoms with Gasteiger partial charge in [0, 0.05) is 5.56 Å². The lowest BCUT2D eigenvalue weighted by Gasteiger charge is -2.06. The molecule has 4 nitrogen and oxygen atoms in total. The molecular weight excluding hydrogens is 228 g/mol. The summed E-state index contributed by atoms with van der Waals surface area (Å²) in [6, 6.07) is 2.29. The molecule has 0 fully saturated rings. The zero-order chi connectivity index (χ0) is 9.30. The Bertz CT molecular complexity index is 274. The number of aliphatic hydroxyl groups is 2. The van der Waals surface area contributed by atoms with Crippen molar-refractivity contribution in [1.82, 2.24) is 0 Å². The van der Waals surface area contributed by atoms with Crippen molar-refractivity contribution in [2.24, 2.45) is 0 Å². The monoisotopic (exact) mass is 234 g/mol. The van der Waals surface area contributed by atoms with Gasteiger partial charge in [-0.2, -0.15) is 0 Å². The molecule has 0 atom stereocenters. The van der Waals surface area contributed by atoms with Crippen molar-refractivity contribution in [3.8, 4) is 11.5 Å². The van der Waals surface area contributed by atoms with Gasteiger partial charge >= 0.3 is 0 Å². The molecule has 0 aliphatic rings. The van der Waals surface area contributed by atoms with Crippen LogP contribution in [0, 0.1) is 0 Å². The molecule has 1 aromatic rings. The number of hydrogen-bond donors (Lipinski definition) is 4. The maximum atomic E-state index is 9.10. The first-order valence-electron chi connectivity index (χ1n) is 3.10. The Hall–Kier alpha value is -0.780. The average molecular weight is 235 g/mol. The molecule has 4 N–H and O–H groups in total. The second kappa shape index (κ2) is 3.30. The minimum Gasteiger partial charge on any atom is -0.507 e. The highest BCUT2D eigenvalue weighted by Gasteiger charge is 2.10. The van der Waals surface area contributed by atoms with E-state index in [4.69, 9.17) is 20.4 Å². The zero-order valence-corrected chi connectivity index (χ0v) is 7.48. The Morgan fingerprint density at radius 1 is 1.08 bits per heavy atom. The Kier molecular flexibility index (Phi) is 2.56. The summed E-state index contributed by atoms with van der Waals surface area (Å²) in [4.78, 5) is 0. The van der Waals surface area contributed by atoms with Crippen molar-refractivity contribution >= 4 is 15.9 Å². The first kappa shape index (κ1) is 9.31. The third-order valence-corrected chi connectivity index (χ3v) is 2.17. The van der Waals surface area contributed by atoms with E-state index in [1.165, 1.54) is 0 Å². The minimum atomic E-state index is -1.70. The van der Waals surface area contributed by atoms with Gasteiger partial charge in [0.05, 0.1) is 0 Å². The van der Waals surface area contributed by atoms with E-state index in [1.807, 2.05) is 0 Å². The number of benzene rings is 1. The first-order valence-corrected chi connectivity index (χ1v) is 3.89. The van der Waals surface area contributed by atoms with Crippen molar-refractivity contribution in [1.29, 1.82) is 0 Å². The van der Waals surface area contributed by atoms with E-state index in [0.29, 0.717) is 0 Å². The summed E-state index contributed by atoms with van der Waals surface area (Å²) >= 11 is 2.90. The van der Waals surface area contributed by atoms with Crippen LogP contribution in [-0.4, -0.2) is 20.4 Å². The van der Waals surface area contributed by atoms with Crippen LogP contribution < -0.4 is 0 Å². The summed E-state index contributed by atoms with van der Waals surface area (Å²) in [7, 11) is 0. The van der Waals surface area contributed by atoms with Gasteiger partial charge in [-0.25, -0.2) is 0 Å². The highest BCUT2D eigenvalue weighted by Crippen LogP contribution is 2.35. The fourth-order valence-corrected chi connectivity index (χ4v) is 0.993. The third-order valence-electron chi connectivity index (χ3n) is 1.35. The summed E-state index contributed by atoms with van der Waals surface area (Å²) in [6.45, 7) is 0. The SMILES string of the molecule is Oc1cc(C(O)O)cc(O)c1Br. The van der Waals surface area contributed by atoms with E-state index in [9.17, 15) is 0 Å². The Morgan fingerprint density at radius 3 is 1.83 bits per heavy atom. The highest BCUT2D eigenvalue weighted by molar-refractivity contribution is 9.10. The van der Waals surface area contributed by atoms with Gasteiger partial charge in [0.15, 0.2) is 6.29 Å². The van der Waals surface area contributed by atoms with Gasteiger partial charge in [-0.3, -0.25) is 0 Å². The quantitative estimate of drug-likeness (QED) is 0.544. The van der Waals surface area contributed by atoms with Gasteiger partial charge in [0.25, 0.3) is 0 Å². The fourth-order valence-electron chi connectivity index (χ4n) is 0.764. The van der Waals surface area contributed by atoms with E-state index in [-0.39, 0.29) is 21.5 Å². The number of phenols is 2. The van der Waals surface area contributed by atoms with Crippen molar-refractivity contribution < 1.29 is 20.4 Å². The minimum absolute atomic E-state index is 0.0354. The van der Waals surface area contributed by atoms with Gasteiger partial charge in [0.1, 0.15) is 16.0 Å². The number of hydrogen-bond acceptors (Lipinski definition) is 4. The number of rotatable bonds is 1. The van der Waals surface area contributed by atoms with Gasteiger partial charge in [-0.15, -0.1) is 0 Å². The molecule has 0 bridgehead atoms. The number of halogens is 1. The lowest BCUT2D eigenvalue weighted by atomic mass is 10.2. The maximum Gasteiger partial charge on any atom is 0.178 e. The molecule has 0 radical (unpaired) electrons. The van der Waals surface area contributed by atoms with E-state index in [0.717, 1.165) is 12.1 Å². The summed E-state index contributed by atoms with van der Waals surface area (Å²) < 4.78 is 0.131. The van der Waals surface area contributed by atoms with E-state index >= 15 is 0 Å². The van der Waals surface area contributed by atoms with Crippen LogP contribution in [0.3, 0.4) is 0 Å². The van der Waals surface area contributed by atoms with Crippen molar-refractivity contribution in [2.45, 2.75) is 6.29 Å². The predicted molar refractivity (Wildman–Crippen MR) is 44.7 cm³/mol. The smallest absolute Gasteiger partial charge is 0.178 e. The van der Waals surface area contributed by atoms with E-state index in [2.05, 4.69) is 15.9 Å². The average Bonchev–Trinajstić information content (AvgIpc) is 1.99. The van der Waals surface area contributed by atoms with Crippen LogP contribution in [0.5, 0.6) is 11.5 Å². The Balaban J connectivity index is 3.21. The summed E-state index contributed by atoms with van der Waals surface area (Å²) in [5, 5.41) is 35.6. The molecule has 0 aliphatic carbocycles. The number of aromatic hydroxyl groups is 2. The van der Waals surface area contributed by atoms with Gasteiger partial charge in [-0.05, 0) is 28.1 Å². The normalized spacial score (nSPS) is 10.7. The maximum absolute atomic E-state index is 9.10. The van der Waals surface area contributed by atoms with Crippen molar-refractivity contribution in [2.75, 3.05) is 0 Å². The van der Waals surface area contributed by atoms with Crippen LogP contribution in [0.15, 0.2) is 16.6 Å². The molecule has 5 heteroatoms. The van der Waals surface area contributed by atoms with Crippen LogP contribution in [0.4, 0.5) is 0 Å². The van der Waals surface area contributed by atoms with Gasteiger partial charge < -0.3 is 20.4 Å². The van der Waals surface area contributed by atoms with Crippen LogP contribution in [0.2, 0.25) is 0 Å². The summed E-state index contributed by atoms with van der Waals surface area (Å²) in [6.07, 6.45) is -1.70. The molecule has 1 rings (SSSR count). The molecule has 0 unspecified atom stereocenters. The third kappa shape index (κ3) is 1.69. The van der Waals surface area contributed by atoms with E-state index < -0.39 is 6.29 Å². The molecule has 66 valence electrons. The molecule has 0 spiro atoms. The van der Waals surface area contributed by atoms with Gasteiger partial charge in [0.2, 0.25) is 0 Å². The van der Waals surface area contributed by atoms with Crippen LogP contribution in [0.25, 0.3) is 0 Å². The van der Waals surface area contributed by atoms with Crippen molar-refractivity contribution in [3.63, 3.8) is 0 Å². The number of aliphatic hydroxyl groups excluding tert-OH is 1. The number of phenolic OH excluding ortho intramolecular Hbond substituents is 2. The van der Waals surface area contributed by atoms with Crippen molar-refractivity contribution in [3.05, 3.63) is 22.2 Å².